The second-order valence-corrected chi connectivity index (χ2v) is 12.3. The van der Waals surface area contributed by atoms with Gasteiger partial charge < -0.3 is 4.74 Å². The number of rotatable bonds is 6. The average molecular weight is 431 g/mol. The van der Waals surface area contributed by atoms with Gasteiger partial charge >= 0.3 is 5.97 Å². The van der Waals surface area contributed by atoms with Gasteiger partial charge in [0.1, 0.15) is 11.9 Å². The normalized spacial score (nSPS) is 45.2. The van der Waals surface area contributed by atoms with Crippen molar-refractivity contribution in [3.8, 4) is 0 Å². The highest BCUT2D eigenvalue weighted by Gasteiger charge is 2.60. The van der Waals surface area contributed by atoms with E-state index in [1.807, 2.05) is 6.92 Å². The van der Waals surface area contributed by atoms with Gasteiger partial charge in [0.2, 0.25) is 0 Å². The van der Waals surface area contributed by atoms with E-state index >= 15 is 0 Å². The van der Waals surface area contributed by atoms with Crippen LogP contribution in [0.1, 0.15) is 112 Å². The zero-order chi connectivity index (χ0) is 22.4. The largest absolute Gasteiger partial charge is 0.463 e. The first-order valence-corrected chi connectivity index (χ1v) is 13.4. The summed E-state index contributed by atoms with van der Waals surface area (Å²) in [4.78, 5) is 23.4. The molecular formula is C28H46O3. The Morgan fingerprint density at radius 1 is 0.968 bits per heavy atom. The summed E-state index contributed by atoms with van der Waals surface area (Å²) < 4.78 is 5.63. The van der Waals surface area contributed by atoms with Gasteiger partial charge in [-0.3, -0.25) is 9.59 Å². The number of ether oxygens (including phenoxy) is 1. The maximum absolute atomic E-state index is 11.9. The number of fused-ring (bicyclic) bond motifs is 5. The fraction of sp³-hybridized carbons (Fsp3) is 0.929. The molecule has 0 aromatic rings. The molecule has 31 heavy (non-hydrogen) atoms. The Bertz CT molecular complexity index is 686. The first-order chi connectivity index (χ1) is 14.7. The third-order valence-electron chi connectivity index (χ3n) is 11.0. The highest BCUT2D eigenvalue weighted by molar-refractivity contribution is 5.77. The molecule has 4 fully saturated rings. The van der Waals surface area contributed by atoms with Crippen molar-refractivity contribution in [2.75, 3.05) is 0 Å². The fourth-order valence-electron chi connectivity index (χ4n) is 9.30. The lowest BCUT2D eigenvalue weighted by atomic mass is 9.44. The topological polar surface area (TPSA) is 43.4 Å². The molecule has 0 radical (unpaired) electrons. The zero-order valence-corrected chi connectivity index (χ0v) is 20.8. The minimum atomic E-state index is -0.109. The Balaban J connectivity index is 1.45. The van der Waals surface area contributed by atoms with Gasteiger partial charge in [-0.15, -0.1) is 0 Å². The smallest absolute Gasteiger partial charge is 0.302 e. The van der Waals surface area contributed by atoms with E-state index in [0.29, 0.717) is 29.0 Å². The summed E-state index contributed by atoms with van der Waals surface area (Å²) in [5.41, 5.74) is 0.923. The van der Waals surface area contributed by atoms with E-state index in [1.165, 1.54) is 44.9 Å². The summed E-state index contributed by atoms with van der Waals surface area (Å²) in [6, 6.07) is 0. The highest BCUT2D eigenvalue weighted by atomic mass is 16.5. The quantitative estimate of drug-likeness (QED) is 0.427. The zero-order valence-electron chi connectivity index (χ0n) is 20.8. The molecule has 4 aliphatic rings. The number of hydrogen-bond acceptors (Lipinski definition) is 3. The van der Waals surface area contributed by atoms with Crippen LogP contribution >= 0.6 is 0 Å². The van der Waals surface area contributed by atoms with Crippen molar-refractivity contribution in [3.05, 3.63) is 0 Å². The van der Waals surface area contributed by atoms with Crippen molar-refractivity contribution in [2.24, 2.45) is 46.3 Å². The molecule has 0 aromatic carbocycles. The molecule has 4 aliphatic carbocycles. The highest BCUT2D eigenvalue weighted by Crippen LogP contribution is 2.68. The number of hydrogen-bond donors (Lipinski definition) is 0. The van der Waals surface area contributed by atoms with Gasteiger partial charge in [-0.05, 0) is 111 Å². The van der Waals surface area contributed by atoms with E-state index < -0.39 is 0 Å². The summed E-state index contributed by atoms with van der Waals surface area (Å²) in [7, 11) is 0. The van der Waals surface area contributed by atoms with Crippen LogP contribution in [0, 0.1) is 46.3 Å². The average Bonchev–Trinajstić information content (AvgIpc) is 3.09. The van der Waals surface area contributed by atoms with Crippen molar-refractivity contribution in [1.29, 1.82) is 0 Å². The van der Waals surface area contributed by atoms with Gasteiger partial charge in [0, 0.05) is 19.8 Å². The van der Waals surface area contributed by atoms with Gasteiger partial charge in [0.15, 0.2) is 0 Å². The monoisotopic (exact) mass is 430 g/mol. The lowest BCUT2D eigenvalue weighted by Gasteiger charge is -2.61. The minimum Gasteiger partial charge on any atom is -0.463 e. The van der Waals surface area contributed by atoms with Gasteiger partial charge in [0.05, 0.1) is 0 Å². The number of ketones is 1. The van der Waals surface area contributed by atoms with Gasteiger partial charge in [-0.1, -0.05) is 27.7 Å². The molecular weight excluding hydrogens is 384 g/mol. The van der Waals surface area contributed by atoms with Crippen LogP contribution in [-0.4, -0.2) is 17.9 Å². The molecule has 1 unspecified atom stereocenters. The second kappa shape index (κ2) is 8.82. The van der Waals surface area contributed by atoms with Crippen LogP contribution in [0.3, 0.4) is 0 Å². The third-order valence-corrected chi connectivity index (χ3v) is 11.0. The van der Waals surface area contributed by atoms with Crippen LogP contribution in [0.25, 0.3) is 0 Å². The van der Waals surface area contributed by atoms with E-state index in [-0.39, 0.29) is 12.1 Å². The van der Waals surface area contributed by atoms with Crippen LogP contribution in [0.4, 0.5) is 0 Å². The van der Waals surface area contributed by atoms with E-state index in [1.54, 1.807) is 6.92 Å². The molecule has 176 valence electrons. The number of esters is 1. The second-order valence-electron chi connectivity index (χ2n) is 12.3. The fourth-order valence-corrected chi connectivity index (χ4v) is 9.30. The first-order valence-electron chi connectivity index (χ1n) is 13.4. The summed E-state index contributed by atoms with van der Waals surface area (Å²) in [6.07, 6.45) is 14.4. The Morgan fingerprint density at radius 2 is 1.68 bits per heavy atom. The molecule has 0 aliphatic heterocycles. The van der Waals surface area contributed by atoms with Crippen LogP contribution < -0.4 is 0 Å². The Hall–Kier alpha value is -0.860. The molecule has 0 saturated heterocycles. The minimum absolute atomic E-state index is 0.109. The number of carbonyl (C=O) groups is 2. The summed E-state index contributed by atoms with van der Waals surface area (Å²) in [5, 5.41) is 0. The Morgan fingerprint density at radius 3 is 2.39 bits per heavy atom. The maximum Gasteiger partial charge on any atom is 0.302 e. The van der Waals surface area contributed by atoms with E-state index in [4.69, 9.17) is 4.74 Å². The van der Waals surface area contributed by atoms with Crippen LogP contribution in [0.2, 0.25) is 0 Å². The molecule has 3 heteroatoms. The SMILES string of the molecule is CCC(=O)CC[C@@H](C)[C@H]1CC[C@H]2[C@@H]3CC[C@@H]4CC(OC(C)=O)CC[C@]4(C)[C@H]3CC[C@]12C. The van der Waals surface area contributed by atoms with Crippen molar-refractivity contribution in [3.63, 3.8) is 0 Å². The summed E-state index contributed by atoms with van der Waals surface area (Å²) in [6.45, 7) is 11.2. The van der Waals surface area contributed by atoms with Crippen LogP contribution in [0.5, 0.6) is 0 Å². The summed E-state index contributed by atoms with van der Waals surface area (Å²) in [5.74, 6) is 5.16. The lowest BCUT2D eigenvalue weighted by Crippen LogP contribution is -2.54. The molecule has 4 saturated carbocycles. The molecule has 0 amide bonds. The van der Waals surface area contributed by atoms with E-state index in [9.17, 15) is 9.59 Å². The Kier molecular flexibility index (Phi) is 6.63. The lowest BCUT2D eigenvalue weighted by molar-refractivity contribution is -0.160. The summed E-state index contributed by atoms with van der Waals surface area (Å²) >= 11 is 0. The number of carbonyl (C=O) groups excluding carboxylic acids is 2. The van der Waals surface area contributed by atoms with Gasteiger partial charge in [-0.25, -0.2) is 0 Å². The van der Waals surface area contributed by atoms with Gasteiger partial charge in [-0.2, -0.15) is 0 Å². The predicted molar refractivity (Wildman–Crippen MR) is 124 cm³/mol. The Labute approximate surface area is 190 Å². The van der Waals surface area contributed by atoms with Crippen LogP contribution in [-0.2, 0) is 14.3 Å². The molecule has 9 atom stereocenters. The standard InChI is InChI=1S/C28H46O3/c1-6-21(30)9-7-18(2)24-11-12-25-23-10-8-20-17-22(31-19(3)29)13-15-27(20,4)26(23)14-16-28(24,25)5/h18,20,22-26H,6-17H2,1-5H3/t18-,20-,22?,23+,24-,25+,26+,27+,28-/m1/s1. The third kappa shape index (κ3) is 4.12. The molecule has 0 aromatic heterocycles. The molecule has 0 spiro atoms. The maximum atomic E-state index is 11.9. The predicted octanol–water partition coefficient (Wildman–Crippen LogP) is 6.97. The van der Waals surface area contributed by atoms with E-state index in [0.717, 1.165) is 55.3 Å². The molecule has 0 heterocycles. The van der Waals surface area contributed by atoms with Crippen LogP contribution in [0.15, 0.2) is 0 Å². The molecule has 0 N–H and O–H groups in total. The number of Topliss-reactive ketones (excluding diaryl/α,β-unsaturated/α-hetero) is 1. The molecule has 0 bridgehead atoms. The van der Waals surface area contributed by atoms with E-state index in [2.05, 4.69) is 20.8 Å². The van der Waals surface area contributed by atoms with Gasteiger partial charge in [0.25, 0.3) is 0 Å². The van der Waals surface area contributed by atoms with Crippen molar-refractivity contribution in [2.45, 2.75) is 118 Å². The first kappa shape index (κ1) is 23.3. The molecule has 3 nitrogen and oxygen atoms in total. The van der Waals surface area contributed by atoms with Crippen molar-refractivity contribution in [1.82, 2.24) is 0 Å². The van der Waals surface area contributed by atoms with Crippen molar-refractivity contribution < 1.29 is 14.3 Å². The molecule has 4 rings (SSSR count). The van der Waals surface area contributed by atoms with Crippen molar-refractivity contribution >= 4 is 11.8 Å².